The summed E-state index contributed by atoms with van der Waals surface area (Å²) in [4.78, 5) is 24.0. The number of rotatable bonds is 6. The van der Waals surface area contributed by atoms with E-state index in [-0.39, 0.29) is 30.8 Å². The van der Waals surface area contributed by atoms with Gasteiger partial charge in [0.15, 0.2) is 0 Å². The monoisotopic (exact) mass is 358 g/mol. The Morgan fingerprint density at radius 3 is 2.42 bits per heavy atom. The lowest BCUT2D eigenvalue weighted by atomic mass is 9.92. The fraction of sp³-hybridized carbons (Fsp3) is 0.300. The molecular formula is C20H20F2N2O2. The second-order valence-electron chi connectivity index (χ2n) is 6.71. The number of carbonyl (C=O) groups excluding carboxylic acids is 2. The van der Waals surface area contributed by atoms with Crippen molar-refractivity contribution in [3.05, 3.63) is 71.3 Å². The summed E-state index contributed by atoms with van der Waals surface area (Å²) >= 11 is 0. The van der Waals surface area contributed by atoms with Crippen molar-refractivity contribution in [3.8, 4) is 0 Å². The van der Waals surface area contributed by atoms with Gasteiger partial charge in [-0.1, -0.05) is 31.2 Å². The fourth-order valence-corrected chi connectivity index (χ4v) is 3.27. The van der Waals surface area contributed by atoms with Gasteiger partial charge < -0.3 is 10.6 Å². The molecule has 1 aliphatic rings. The van der Waals surface area contributed by atoms with Crippen LogP contribution in [0.15, 0.2) is 48.5 Å². The smallest absolute Gasteiger partial charge is 0.251 e. The first-order valence-corrected chi connectivity index (χ1v) is 8.48. The van der Waals surface area contributed by atoms with Crippen LogP contribution in [0.3, 0.4) is 0 Å². The molecule has 1 aliphatic carbocycles. The fourth-order valence-electron chi connectivity index (χ4n) is 3.27. The Labute approximate surface area is 150 Å². The van der Waals surface area contributed by atoms with E-state index in [9.17, 15) is 18.4 Å². The van der Waals surface area contributed by atoms with Gasteiger partial charge in [-0.05, 0) is 36.1 Å². The minimum atomic E-state index is -0.623. The molecule has 0 aliphatic heterocycles. The van der Waals surface area contributed by atoms with E-state index in [4.69, 9.17) is 0 Å². The molecular weight excluding hydrogens is 338 g/mol. The zero-order valence-electron chi connectivity index (χ0n) is 14.4. The maximum absolute atomic E-state index is 14.1. The average Bonchev–Trinajstić information content (AvgIpc) is 3.29. The maximum Gasteiger partial charge on any atom is 0.251 e. The third-order valence-electron chi connectivity index (χ3n) is 4.97. The Balaban J connectivity index is 1.56. The highest BCUT2D eigenvalue weighted by Gasteiger charge is 2.53. The Morgan fingerprint density at radius 1 is 1.12 bits per heavy atom. The number of amides is 2. The predicted octanol–water partition coefficient (Wildman–Crippen LogP) is 2.79. The summed E-state index contributed by atoms with van der Waals surface area (Å²) in [5, 5.41) is 5.30. The molecule has 136 valence electrons. The normalized spacial score (nSPS) is 21.1. The maximum atomic E-state index is 14.1. The molecule has 0 spiro atoms. The van der Waals surface area contributed by atoms with Gasteiger partial charge in [-0.2, -0.15) is 0 Å². The van der Waals surface area contributed by atoms with Gasteiger partial charge >= 0.3 is 0 Å². The van der Waals surface area contributed by atoms with Crippen molar-refractivity contribution < 1.29 is 18.4 Å². The van der Waals surface area contributed by atoms with Gasteiger partial charge in [0.1, 0.15) is 11.6 Å². The van der Waals surface area contributed by atoms with E-state index in [1.165, 1.54) is 12.1 Å². The second kappa shape index (κ2) is 7.23. The standard InChI is InChI=1S/C20H20F2N2O2/c1-13-10-20(13,16-8-7-15(21)9-17(16)22)12-24-18(25)11-23-19(26)14-5-3-2-4-6-14/h2-9,13H,10-12H2,1H3,(H,23,26)(H,24,25). The minimum absolute atomic E-state index is 0.163. The molecule has 2 amide bonds. The SMILES string of the molecule is CC1CC1(CNC(=O)CNC(=O)c1ccccc1)c1ccc(F)cc1F. The van der Waals surface area contributed by atoms with Crippen LogP contribution in [-0.2, 0) is 10.2 Å². The first-order chi connectivity index (χ1) is 12.4. The van der Waals surface area contributed by atoms with Crippen molar-refractivity contribution in [2.24, 2.45) is 5.92 Å². The highest BCUT2D eigenvalue weighted by Crippen LogP contribution is 2.54. The van der Waals surface area contributed by atoms with Crippen LogP contribution >= 0.6 is 0 Å². The summed E-state index contributed by atoms with van der Waals surface area (Å²) in [6, 6.07) is 12.1. The van der Waals surface area contributed by atoms with Crippen molar-refractivity contribution in [1.82, 2.24) is 10.6 Å². The van der Waals surface area contributed by atoms with E-state index in [0.717, 1.165) is 6.07 Å². The molecule has 4 nitrogen and oxygen atoms in total. The molecule has 3 rings (SSSR count). The zero-order valence-corrected chi connectivity index (χ0v) is 14.4. The zero-order chi connectivity index (χ0) is 18.7. The number of hydrogen-bond donors (Lipinski definition) is 2. The van der Waals surface area contributed by atoms with Crippen molar-refractivity contribution in [1.29, 1.82) is 0 Å². The molecule has 1 saturated carbocycles. The molecule has 2 aromatic rings. The van der Waals surface area contributed by atoms with Crippen LogP contribution in [-0.4, -0.2) is 24.9 Å². The Kier molecular flexibility index (Phi) is 5.02. The lowest BCUT2D eigenvalue weighted by Gasteiger charge is -2.19. The van der Waals surface area contributed by atoms with Crippen molar-refractivity contribution in [3.63, 3.8) is 0 Å². The molecule has 2 N–H and O–H groups in total. The summed E-state index contributed by atoms with van der Waals surface area (Å²) in [5.41, 5.74) is 0.373. The van der Waals surface area contributed by atoms with Gasteiger partial charge in [0.2, 0.25) is 5.91 Å². The van der Waals surface area contributed by atoms with Crippen LogP contribution < -0.4 is 10.6 Å². The number of nitrogens with one attached hydrogen (secondary N) is 2. The topological polar surface area (TPSA) is 58.2 Å². The number of halogens is 2. The molecule has 0 bridgehead atoms. The van der Waals surface area contributed by atoms with Crippen molar-refractivity contribution in [2.45, 2.75) is 18.8 Å². The Hall–Kier alpha value is -2.76. The van der Waals surface area contributed by atoms with Gasteiger partial charge in [-0.15, -0.1) is 0 Å². The molecule has 1 fully saturated rings. The van der Waals surface area contributed by atoms with E-state index in [2.05, 4.69) is 10.6 Å². The highest BCUT2D eigenvalue weighted by atomic mass is 19.1. The third kappa shape index (κ3) is 3.74. The van der Waals surface area contributed by atoms with Crippen LogP contribution in [0.2, 0.25) is 0 Å². The van der Waals surface area contributed by atoms with E-state index in [1.807, 2.05) is 6.92 Å². The van der Waals surface area contributed by atoms with E-state index in [1.54, 1.807) is 30.3 Å². The van der Waals surface area contributed by atoms with Crippen LogP contribution in [0, 0.1) is 17.6 Å². The second-order valence-corrected chi connectivity index (χ2v) is 6.71. The van der Waals surface area contributed by atoms with E-state index >= 15 is 0 Å². The summed E-state index contributed by atoms with van der Waals surface area (Å²) in [6.45, 7) is 2.05. The third-order valence-corrected chi connectivity index (χ3v) is 4.97. The highest BCUT2D eigenvalue weighted by molar-refractivity contribution is 5.96. The molecule has 0 aromatic heterocycles. The first kappa shape index (κ1) is 18.0. The molecule has 2 atom stereocenters. The average molecular weight is 358 g/mol. The van der Waals surface area contributed by atoms with Crippen molar-refractivity contribution >= 4 is 11.8 Å². The van der Waals surface area contributed by atoms with Crippen LogP contribution in [0.25, 0.3) is 0 Å². The lowest BCUT2D eigenvalue weighted by Crippen LogP contribution is -2.40. The molecule has 2 unspecified atom stereocenters. The van der Waals surface area contributed by atoms with Gasteiger partial charge in [0.05, 0.1) is 6.54 Å². The number of hydrogen-bond acceptors (Lipinski definition) is 2. The van der Waals surface area contributed by atoms with Crippen LogP contribution in [0.4, 0.5) is 8.78 Å². The summed E-state index contributed by atoms with van der Waals surface area (Å²) < 4.78 is 27.2. The summed E-state index contributed by atoms with van der Waals surface area (Å²) in [7, 11) is 0. The van der Waals surface area contributed by atoms with E-state index in [0.29, 0.717) is 17.5 Å². The quantitative estimate of drug-likeness (QED) is 0.834. The minimum Gasteiger partial charge on any atom is -0.354 e. The molecule has 26 heavy (non-hydrogen) atoms. The molecule has 0 heterocycles. The molecule has 6 heteroatoms. The summed E-state index contributed by atoms with van der Waals surface area (Å²) in [5.74, 6) is -1.72. The Bertz CT molecular complexity index is 826. The Morgan fingerprint density at radius 2 is 1.81 bits per heavy atom. The molecule has 0 saturated heterocycles. The van der Waals surface area contributed by atoms with E-state index < -0.39 is 17.0 Å². The van der Waals surface area contributed by atoms with Crippen LogP contribution in [0.5, 0.6) is 0 Å². The van der Waals surface area contributed by atoms with Gasteiger partial charge in [-0.25, -0.2) is 8.78 Å². The summed E-state index contributed by atoms with van der Waals surface area (Å²) in [6.07, 6.45) is 0.714. The van der Waals surface area contributed by atoms with Crippen LogP contribution in [0.1, 0.15) is 29.3 Å². The largest absolute Gasteiger partial charge is 0.354 e. The predicted molar refractivity (Wildman–Crippen MR) is 93.6 cm³/mol. The number of benzene rings is 2. The van der Waals surface area contributed by atoms with Gasteiger partial charge in [-0.3, -0.25) is 9.59 Å². The lowest BCUT2D eigenvalue weighted by molar-refractivity contribution is -0.120. The molecule has 2 aromatic carbocycles. The first-order valence-electron chi connectivity index (χ1n) is 8.48. The van der Waals surface area contributed by atoms with Gasteiger partial charge in [0, 0.05) is 23.6 Å². The van der Waals surface area contributed by atoms with Crippen molar-refractivity contribution in [2.75, 3.05) is 13.1 Å². The number of carbonyl (C=O) groups is 2. The molecule has 0 radical (unpaired) electrons. The van der Waals surface area contributed by atoms with Gasteiger partial charge in [0.25, 0.3) is 5.91 Å².